The molecule has 1 aliphatic heterocycles. The Bertz CT molecular complexity index is 369. The Balaban J connectivity index is 2.05. The van der Waals surface area contributed by atoms with Crippen LogP contribution in [-0.2, 0) is 0 Å². The molecule has 4 nitrogen and oxygen atoms in total. The first kappa shape index (κ1) is 11.0. The second kappa shape index (κ2) is 4.99. The van der Waals surface area contributed by atoms with Gasteiger partial charge < -0.3 is 21.8 Å². The summed E-state index contributed by atoms with van der Waals surface area (Å²) in [7, 11) is 0. The third-order valence-corrected chi connectivity index (χ3v) is 2.91. The number of rotatable bonds is 3. The fraction of sp³-hybridized carbons (Fsp3) is 0.417. The molecule has 1 unspecified atom stereocenters. The molecule has 2 rings (SSSR count). The lowest BCUT2D eigenvalue weighted by Gasteiger charge is -2.25. The lowest BCUT2D eigenvalue weighted by molar-refractivity contribution is 0.480. The zero-order chi connectivity index (χ0) is 11.4. The standard InChI is InChI=1S/C12H18N4/c13-7-9-6-10(3-4-12(9)14)16-11-2-1-5-15-8-11/h3-4,6-7,11,13,15-16H,1-2,5,8,14H2. The number of nitrogens with two attached hydrogens (primary N) is 1. The van der Waals surface area contributed by atoms with Crippen LogP contribution < -0.4 is 16.4 Å². The molecule has 0 spiro atoms. The van der Waals surface area contributed by atoms with E-state index >= 15 is 0 Å². The van der Waals surface area contributed by atoms with Gasteiger partial charge in [-0.15, -0.1) is 0 Å². The first-order valence-corrected chi connectivity index (χ1v) is 5.67. The number of nitrogen functional groups attached to an aromatic ring is 1. The summed E-state index contributed by atoms with van der Waals surface area (Å²) < 4.78 is 0. The number of hydrogen-bond acceptors (Lipinski definition) is 4. The number of nitrogens with one attached hydrogen (secondary N) is 3. The molecule has 1 atom stereocenters. The molecule has 5 N–H and O–H groups in total. The predicted molar refractivity (Wildman–Crippen MR) is 68.3 cm³/mol. The fourth-order valence-electron chi connectivity index (χ4n) is 2.00. The van der Waals surface area contributed by atoms with Crippen molar-refractivity contribution < 1.29 is 0 Å². The Hall–Kier alpha value is -1.55. The Morgan fingerprint density at radius 2 is 2.38 bits per heavy atom. The van der Waals surface area contributed by atoms with Crippen LogP contribution in [0.25, 0.3) is 0 Å². The summed E-state index contributed by atoms with van der Waals surface area (Å²) in [6.45, 7) is 2.12. The van der Waals surface area contributed by atoms with Crippen LogP contribution >= 0.6 is 0 Å². The third-order valence-electron chi connectivity index (χ3n) is 2.91. The van der Waals surface area contributed by atoms with E-state index in [1.165, 1.54) is 19.1 Å². The van der Waals surface area contributed by atoms with Crippen LogP contribution in [0.4, 0.5) is 11.4 Å². The van der Waals surface area contributed by atoms with Crippen molar-refractivity contribution in [1.29, 1.82) is 5.41 Å². The van der Waals surface area contributed by atoms with Crippen LogP contribution in [0.15, 0.2) is 18.2 Å². The zero-order valence-corrected chi connectivity index (χ0v) is 9.29. The third kappa shape index (κ3) is 2.52. The van der Waals surface area contributed by atoms with E-state index < -0.39 is 0 Å². The van der Waals surface area contributed by atoms with Crippen molar-refractivity contribution in [2.75, 3.05) is 24.1 Å². The van der Waals surface area contributed by atoms with Gasteiger partial charge >= 0.3 is 0 Å². The van der Waals surface area contributed by atoms with Gasteiger partial charge in [-0.05, 0) is 37.6 Å². The second-order valence-electron chi connectivity index (χ2n) is 4.18. The minimum Gasteiger partial charge on any atom is -0.398 e. The highest BCUT2D eigenvalue weighted by atomic mass is 15.0. The molecule has 0 radical (unpaired) electrons. The zero-order valence-electron chi connectivity index (χ0n) is 9.29. The highest BCUT2D eigenvalue weighted by molar-refractivity contribution is 5.86. The van der Waals surface area contributed by atoms with Gasteiger partial charge in [0.1, 0.15) is 0 Å². The lowest BCUT2D eigenvalue weighted by atomic mass is 10.1. The average Bonchev–Trinajstić information content (AvgIpc) is 2.33. The molecule has 1 saturated heterocycles. The predicted octanol–water partition coefficient (Wildman–Crippen LogP) is 1.43. The first-order chi connectivity index (χ1) is 7.79. The first-order valence-electron chi connectivity index (χ1n) is 5.67. The van der Waals surface area contributed by atoms with E-state index in [0.29, 0.717) is 11.7 Å². The molecule has 1 heterocycles. The largest absolute Gasteiger partial charge is 0.398 e. The van der Waals surface area contributed by atoms with E-state index in [-0.39, 0.29) is 0 Å². The summed E-state index contributed by atoms with van der Waals surface area (Å²) in [4.78, 5) is 0. The number of benzene rings is 1. The molecule has 0 saturated carbocycles. The Labute approximate surface area is 95.7 Å². The van der Waals surface area contributed by atoms with Crippen molar-refractivity contribution in [2.24, 2.45) is 0 Å². The van der Waals surface area contributed by atoms with Crippen molar-refractivity contribution in [3.63, 3.8) is 0 Å². The van der Waals surface area contributed by atoms with E-state index in [1.807, 2.05) is 18.2 Å². The molecule has 16 heavy (non-hydrogen) atoms. The van der Waals surface area contributed by atoms with Crippen LogP contribution in [-0.4, -0.2) is 25.3 Å². The summed E-state index contributed by atoms with van der Waals surface area (Å²) in [5, 5.41) is 14.1. The Morgan fingerprint density at radius 3 is 3.06 bits per heavy atom. The van der Waals surface area contributed by atoms with E-state index in [4.69, 9.17) is 11.1 Å². The Kier molecular flexibility index (Phi) is 3.41. The fourth-order valence-corrected chi connectivity index (χ4v) is 2.00. The van der Waals surface area contributed by atoms with Crippen molar-refractivity contribution in [3.8, 4) is 0 Å². The molecule has 4 heteroatoms. The summed E-state index contributed by atoms with van der Waals surface area (Å²) in [6, 6.07) is 6.23. The van der Waals surface area contributed by atoms with Crippen LogP contribution in [0.3, 0.4) is 0 Å². The van der Waals surface area contributed by atoms with Crippen molar-refractivity contribution in [1.82, 2.24) is 5.32 Å². The second-order valence-corrected chi connectivity index (χ2v) is 4.18. The normalized spacial score (nSPS) is 20.4. The van der Waals surface area contributed by atoms with Crippen molar-refractivity contribution in [3.05, 3.63) is 23.8 Å². The molecule has 0 amide bonds. The van der Waals surface area contributed by atoms with E-state index in [1.54, 1.807) is 0 Å². The van der Waals surface area contributed by atoms with Crippen LogP contribution in [0.2, 0.25) is 0 Å². The molecule has 0 aromatic heterocycles. The van der Waals surface area contributed by atoms with Gasteiger partial charge in [-0.1, -0.05) is 0 Å². The minimum atomic E-state index is 0.482. The smallest absolute Gasteiger partial charge is 0.0404 e. The maximum Gasteiger partial charge on any atom is 0.0404 e. The van der Waals surface area contributed by atoms with Crippen LogP contribution in [0.1, 0.15) is 18.4 Å². The molecule has 0 bridgehead atoms. The van der Waals surface area contributed by atoms with Crippen LogP contribution in [0.5, 0.6) is 0 Å². The maximum absolute atomic E-state index is 7.26. The van der Waals surface area contributed by atoms with Gasteiger partial charge in [-0.2, -0.15) is 0 Å². The van der Waals surface area contributed by atoms with Gasteiger partial charge in [0, 0.05) is 35.7 Å². The van der Waals surface area contributed by atoms with Gasteiger partial charge in [0.15, 0.2) is 0 Å². The molecule has 86 valence electrons. The van der Waals surface area contributed by atoms with Crippen molar-refractivity contribution in [2.45, 2.75) is 18.9 Å². The van der Waals surface area contributed by atoms with Gasteiger partial charge in [-0.25, -0.2) is 0 Å². The molecule has 1 aromatic rings. The van der Waals surface area contributed by atoms with Gasteiger partial charge in [0.2, 0.25) is 0 Å². The van der Waals surface area contributed by atoms with Gasteiger partial charge in [-0.3, -0.25) is 0 Å². The molecule has 1 aromatic carbocycles. The topological polar surface area (TPSA) is 73.9 Å². The van der Waals surface area contributed by atoms with Crippen molar-refractivity contribution >= 4 is 17.6 Å². The van der Waals surface area contributed by atoms with E-state index in [9.17, 15) is 0 Å². The number of piperidine rings is 1. The highest BCUT2D eigenvalue weighted by Crippen LogP contribution is 2.18. The number of hydrogen-bond donors (Lipinski definition) is 4. The maximum atomic E-state index is 7.26. The monoisotopic (exact) mass is 218 g/mol. The summed E-state index contributed by atoms with van der Waals surface area (Å²) in [6.07, 6.45) is 3.70. The lowest BCUT2D eigenvalue weighted by Crippen LogP contribution is -2.38. The van der Waals surface area contributed by atoms with Gasteiger partial charge in [0.05, 0.1) is 0 Å². The van der Waals surface area contributed by atoms with E-state index in [2.05, 4.69) is 10.6 Å². The molecular weight excluding hydrogens is 200 g/mol. The molecule has 1 fully saturated rings. The quantitative estimate of drug-likeness (QED) is 0.458. The van der Waals surface area contributed by atoms with Crippen LogP contribution in [0, 0.1) is 5.41 Å². The highest BCUT2D eigenvalue weighted by Gasteiger charge is 2.12. The molecule has 1 aliphatic rings. The summed E-state index contributed by atoms with van der Waals surface area (Å²) >= 11 is 0. The molecular formula is C12H18N4. The molecule has 0 aliphatic carbocycles. The van der Waals surface area contributed by atoms with Gasteiger partial charge in [0.25, 0.3) is 0 Å². The minimum absolute atomic E-state index is 0.482. The average molecular weight is 218 g/mol. The summed E-state index contributed by atoms with van der Waals surface area (Å²) in [5.74, 6) is 0. The SMILES string of the molecule is N=Cc1cc(NC2CCCNC2)ccc1N. The Morgan fingerprint density at radius 1 is 1.50 bits per heavy atom. The number of anilines is 2. The van der Waals surface area contributed by atoms with E-state index in [0.717, 1.165) is 24.3 Å². The summed E-state index contributed by atoms with van der Waals surface area (Å²) in [5.41, 5.74) is 8.21.